The van der Waals surface area contributed by atoms with E-state index in [1.54, 1.807) is 0 Å². The summed E-state index contributed by atoms with van der Waals surface area (Å²) in [5, 5.41) is 9.57. The molecule has 10 aromatic carbocycles. The molecule has 2 heterocycles. The molecule has 0 saturated carbocycles. The molecule has 2 heteroatoms. The molecule has 0 aliphatic carbocycles. The lowest BCUT2D eigenvalue weighted by molar-refractivity contribution is 0.487. The predicted molar refractivity (Wildman–Crippen MR) is 224 cm³/mol. The quantitative estimate of drug-likeness (QED) is 0.172. The van der Waals surface area contributed by atoms with E-state index < -0.39 is 0 Å². The van der Waals surface area contributed by atoms with Gasteiger partial charge in [0, 0.05) is 21.9 Å². The molecule has 2 nitrogen and oxygen atoms in total. The van der Waals surface area contributed by atoms with E-state index in [1.807, 2.05) is 6.07 Å². The topological polar surface area (TPSA) is 18.5 Å². The molecule has 12 rings (SSSR count). The Morgan fingerprint density at radius 3 is 1.67 bits per heavy atom. The van der Waals surface area contributed by atoms with Crippen LogP contribution in [0.5, 0.6) is 23.0 Å². The average molecular weight is 687 g/mol. The SMILES string of the molecule is c1ccc(-c2c3cccc(-c4ccc5c(c4)Oc4cccc6cccc-5c46)c3cc3c(-c4ccc5c6c(cccc46)-c4ccccc4O5)cccc23)cc1. The van der Waals surface area contributed by atoms with Gasteiger partial charge in [-0.3, -0.25) is 0 Å². The van der Waals surface area contributed by atoms with Crippen molar-refractivity contribution in [1.29, 1.82) is 0 Å². The molecule has 0 N–H and O–H groups in total. The van der Waals surface area contributed by atoms with Crippen LogP contribution in [0.1, 0.15) is 0 Å². The summed E-state index contributed by atoms with van der Waals surface area (Å²) >= 11 is 0. The highest BCUT2D eigenvalue weighted by Gasteiger charge is 2.24. The van der Waals surface area contributed by atoms with Gasteiger partial charge in [0.2, 0.25) is 0 Å². The summed E-state index contributed by atoms with van der Waals surface area (Å²) in [5.41, 5.74) is 11.8. The second kappa shape index (κ2) is 11.2. The third-order valence-corrected chi connectivity index (χ3v) is 11.5. The molecule has 0 spiro atoms. The molecular formula is C52H30O2. The van der Waals surface area contributed by atoms with Gasteiger partial charge in [0.15, 0.2) is 0 Å². The van der Waals surface area contributed by atoms with Crippen molar-refractivity contribution in [2.24, 2.45) is 0 Å². The molecule has 0 radical (unpaired) electrons. The van der Waals surface area contributed by atoms with Crippen molar-refractivity contribution < 1.29 is 9.47 Å². The van der Waals surface area contributed by atoms with Crippen LogP contribution in [0.2, 0.25) is 0 Å². The van der Waals surface area contributed by atoms with Gasteiger partial charge in [-0.05, 0) is 113 Å². The van der Waals surface area contributed by atoms with Gasteiger partial charge in [-0.2, -0.15) is 0 Å². The Labute approximate surface area is 312 Å². The summed E-state index contributed by atoms with van der Waals surface area (Å²) in [6.07, 6.45) is 0. The fourth-order valence-electron chi connectivity index (χ4n) is 9.12. The average Bonchev–Trinajstić information content (AvgIpc) is 3.23. The minimum absolute atomic E-state index is 0.882. The van der Waals surface area contributed by atoms with Gasteiger partial charge in [-0.15, -0.1) is 0 Å². The Bertz CT molecular complexity index is 3210. The Morgan fingerprint density at radius 1 is 0.259 bits per heavy atom. The summed E-state index contributed by atoms with van der Waals surface area (Å²) < 4.78 is 13.1. The summed E-state index contributed by atoms with van der Waals surface area (Å²) in [6, 6.07) is 65.6. The van der Waals surface area contributed by atoms with Crippen molar-refractivity contribution in [3.8, 4) is 78.6 Å². The van der Waals surface area contributed by atoms with E-state index >= 15 is 0 Å². The predicted octanol–water partition coefficient (Wildman–Crippen LogP) is 14.8. The number of hydrogen-bond acceptors (Lipinski definition) is 2. The van der Waals surface area contributed by atoms with E-state index in [4.69, 9.17) is 9.47 Å². The van der Waals surface area contributed by atoms with Crippen LogP contribution in [0.4, 0.5) is 0 Å². The highest BCUT2D eigenvalue weighted by Crippen LogP contribution is 2.51. The maximum Gasteiger partial charge on any atom is 0.135 e. The molecule has 0 saturated heterocycles. The summed E-state index contributed by atoms with van der Waals surface area (Å²) in [5.74, 6) is 3.58. The lowest BCUT2D eigenvalue weighted by Crippen LogP contribution is -1.98. The summed E-state index contributed by atoms with van der Waals surface area (Å²) in [6.45, 7) is 0. The molecular weight excluding hydrogens is 657 g/mol. The van der Waals surface area contributed by atoms with Crippen LogP contribution in [0.3, 0.4) is 0 Å². The number of benzene rings is 10. The van der Waals surface area contributed by atoms with E-state index in [-0.39, 0.29) is 0 Å². The monoisotopic (exact) mass is 686 g/mol. The molecule has 250 valence electrons. The van der Waals surface area contributed by atoms with E-state index in [2.05, 4.69) is 176 Å². The zero-order valence-corrected chi connectivity index (χ0v) is 29.1. The fourth-order valence-corrected chi connectivity index (χ4v) is 9.12. The molecule has 2 aliphatic heterocycles. The lowest BCUT2D eigenvalue weighted by Gasteiger charge is -2.23. The Kier molecular flexibility index (Phi) is 6.09. The maximum atomic E-state index is 6.65. The van der Waals surface area contributed by atoms with Gasteiger partial charge < -0.3 is 9.47 Å². The minimum atomic E-state index is 0.882. The number of ether oxygens (including phenoxy) is 2. The molecule has 2 aliphatic rings. The first-order valence-corrected chi connectivity index (χ1v) is 18.5. The van der Waals surface area contributed by atoms with Crippen LogP contribution < -0.4 is 9.47 Å². The van der Waals surface area contributed by atoms with Crippen LogP contribution in [0.25, 0.3) is 98.7 Å². The van der Waals surface area contributed by atoms with Crippen molar-refractivity contribution in [3.05, 3.63) is 182 Å². The molecule has 0 atom stereocenters. The summed E-state index contributed by atoms with van der Waals surface area (Å²) in [7, 11) is 0. The molecule has 0 amide bonds. The fraction of sp³-hybridized carbons (Fsp3) is 0. The first-order valence-electron chi connectivity index (χ1n) is 18.5. The molecule has 0 bridgehead atoms. The van der Waals surface area contributed by atoms with Crippen molar-refractivity contribution in [2.75, 3.05) is 0 Å². The van der Waals surface area contributed by atoms with E-state index in [9.17, 15) is 0 Å². The largest absolute Gasteiger partial charge is 0.456 e. The molecule has 0 unspecified atom stereocenters. The lowest BCUT2D eigenvalue weighted by atomic mass is 9.84. The van der Waals surface area contributed by atoms with Crippen molar-refractivity contribution in [2.45, 2.75) is 0 Å². The Hall–Kier alpha value is -7.16. The molecule has 0 aromatic heterocycles. The smallest absolute Gasteiger partial charge is 0.135 e. The van der Waals surface area contributed by atoms with E-state index in [0.717, 1.165) is 45.1 Å². The highest BCUT2D eigenvalue weighted by molar-refractivity contribution is 6.21. The van der Waals surface area contributed by atoms with E-state index in [1.165, 1.54) is 76.6 Å². The van der Waals surface area contributed by atoms with Gasteiger partial charge >= 0.3 is 0 Å². The Morgan fingerprint density at radius 2 is 0.815 bits per heavy atom. The number of fused-ring (bicyclic) bond motifs is 6. The van der Waals surface area contributed by atoms with Gasteiger partial charge in [-0.1, -0.05) is 146 Å². The van der Waals surface area contributed by atoms with Crippen LogP contribution in [0.15, 0.2) is 182 Å². The van der Waals surface area contributed by atoms with Gasteiger partial charge in [-0.25, -0.2) is 0 Å². The number of rotatable bonds is 3. The summed E-state index contributed by atoms with van der Waals surface area (Å²) in [4.78, 5) is 0. The standard InChI is InChI=1S/C52H30O2/c1-2-11-31(12-3-1)50-42-21-8-16-34(33-25-26-38-40-18-6-13-32-14-7-24-47(51(32)40)54-49(38)29-33)44(42)30-45-35(17-9-22-43(45)50)36-27-28-48-52-39(36)19-10-20-41(52)37-15-4-5-23-46(37)53-48/h1-30H. The zero-order chi connectivity index (χ0) is 35.3. The first-order chi connectivity index (χ1) is 26.8. The Balaban J connectivity index is 1.12. The normalized spacial score (nSPS) is 12.4. The second-order valence-corrected chi connectivity index (χ2v) is 14.3. The third kappa shape index (κ3) is 4.17. The van der Waals surface area contributed by atoms with Gasteiger partial charge in [0.05, 0.1) is 0 Å². The maximum absolute atomic E-state index is 6.65. The zero-order valence-electron chi connectivity index (χ0n) is 29.1. The number of hydrogen-bond donors (Lipinski definition) is 0. The van der Waals surface area contributed by atoms with Crippen LogP contribution in [-0.2, 0) is 0 Å². The molecule has 0 fully saturated rings. The van der Waals surface area contributed by atoms with Crippen LogP contribution >= 0.6 is 0 Å². The van der Waals surface area contributed by atoms with Crippen LogP contribution in [-0.4, -0.2) is 0 Å². The first kappa shape index (κ1) is 29.4. The van der Waals surface area contributed by atoms with Gasteiger partial charge in [0.25, 0.3) is 0 Å². The molecule has 54 heavy (non-hydrogen) atoms. The van der Waals surface area contributed by atoms with E-state index in [0.29, 0.717) is 0 Å². The van der Waals surface area contributed by atoms with Crippen molar-refractivity contribution in [3.63, 3.8) is 0 Å². The minimum Gasteiger partial charge on any atom is -0.456 e. The van der Waals surface area contributed by atoms with Crippen molar-refractivity contribution >= 4 is 43.1 Å². The molecule has 10 aromatic rings. The number of para-hydroxylation sites is 1. The third-order valence-electron chi connectivity index (χ3n) is 11.5. The van der Waals surface area contributed by atoms with Crippen LogP contribution in [0, 0.1) is 0 Å². The highest BCUT2D eigenvalue weighted by atomic mass is 16.5. The second-order valence-electron chi connectivity index (χ2n) is 14.3. The van der Waals surface area contributed by atoms with Crippen molar-refractivity contribution in [1.82, 2.24) is 0 Å². The van der Waals surface area contributed by atoms with Gasteiger partial charge in [0.1, 0.15) is 23.0 Å².